The molecule has 0 spiro atoms. The van der Waals surface area contributed by atoms with Gasteiger partial charge in [0.15, 0.2) is 0 Å². The number of furan rings is 1. The fourth-order valence-corrected chi connectivity index (χ4v) is 13.0. The van der Waals surface area contributed by atoms with Crippen molar-refractivity contribution in [3.8, 4) is 100 Å². The van der Waals surface area contributed by atoms with Crippen molar-refractivity contribution in [1.82, 2.24) is 29.1 Å². The zero-order valence-corrected chi connectivity index (χ0v) is 51.5. The second-order valence-corrected chi connectivity index (χ2v) is 23.2. The van der Waals surface area contributed by atoms with Crippen LogP contribution in [-0.2, 0) is 0 Å². The fraction of sp³-hybridized carbons (Fsp3) is 0.0233. The summed E-state index contributed by atoms with van der Waals surface area (Å²) in [7, 11) is 0. The van der Waals surface area contributed by atoms with Gasteiger partial charge in [-0.2, -0.15) is 0 Å². The quantitative estimate of drug-likeness (QED) is 0.128. The molecule has 7 heterocycles. The van der Waals surface area contributed by atoms with Gasteiger partial charge >= 0.3 is 0 Å². The Kier molecular flexibility index (Phi) is 15.3. The summed E-state index contributed by atoms with van der Waals surface area (Å²) in [4.78, 5) is 17.7. The highest BCUT2D eigenvalue weighted by atomic mass is 16.3. The van der Waals surface area contributed by atoms with E-state index in [0.717, 1.165) is 144 Å². The number of hydrogen-bond donors (Lipinski definition) is 0. The van der Waals surface area contributed by atoms with Gasteiger partial charge in [-0.3, -0.25) is 19.9 Å². The van der Waals surface area contributed by atoms with Gasteiger partial charge in [0.05, 0.1) is 22.1 Å². The molecule has 0 bridgehead atoms. The SMILES string of the molecule is C=CC.C=CC.c1cncc(-c2cccc(-c3ccc4c(c3)c3cc(-c5cccc(-c6cccnc6)c5)ccc3n4-c3ccc4oc5ccc(-n6c7ccc(-c8cccc(-c9cccnc9)c8)cc7c7cc(-c8cccc(-c9cccnc9)c8)ccc76)cc5c4c3)c2)c1. The van der Waals surface area contributed by atoms with Crippen LogP contribution in [0.1, 0.15) is 13.8 Å². The van der Waals surface area contributed by atoms with Crippen molar-refractivity contribution in [2.75, 3.05) is 0 Å². The molecule has 0 aliphatic carbocycles. The van der Waals surface area contributed by atoms with Crippen LogP contribution in [0.15, 0.2) is 334 Å². The molecule has 93 heavy (non-hydrogen) atoms. The molecule has 17 rings (SSSR count). The molecule has 0 unspecified atom stereocenters. The van der Waals surface area contributed by atoms with E-state index in [1.807, 2.05) is 87.7 Å². The molecule has 7 aromatic heterocycles. The first-order chi connectivity index (χ1) is 45.9. The second-order valence-electron chi connectivity index (χ2n) is 23.2. The molecule has 0 saturated carbocycles. The molecule has 0 amide bonds. The first-order valence-electron chi connectivity index (χ1n) is 31.2. The van der Waals surface area contributed by atoms with Crippen LogP contribution in [0.25, 0.3) is 166 Å². The second kappa shape index (κ2) is 24.9. The molecule has 7 nitrogen and oxygen atoms in total. The van der Waals surface area contributed by atoms with Crippen LogP contribution in [0.3, 0.4) is 0 Å². The average molecular weight is 1200 g/mol. The third-order valence-corrected chi connectivity index (χ3v) is 17.2. The molecule has 0 aliphatic heterocycles. The van der Waals surface area contributed by atoms with Crippen molar-refractivity contribution < 1.29 is 4.42 Å². The molecule has 442 valence electrons. The van der Waals surface area contributed by atoms with Gasteiger partial charge in [0.25, 0.3) is 0 Å². The van der Waals surface area contributed by atoms with Gasteiger partial charge < -0.3 is 13.6 Å². The number of rotatable bonds is 10. The fourth-order valence-electron chi connectivity index (χ4n) is 13.0. The first kappa shape index (κ1) is 57.1. The van der Waals surface area contributed by atoms with Crippen molar-refractivity contribution >= 4 is 65.6 Å². The summed E-state index contributed by atoms with van der Waals surface area (Å²) in [6, 6.07) is 92.3. The number of nitrogens with zero attached hydrogens (tertiary/aromatic N) is 6. The summed E-state index contributed by atoms with van der Waals surface area (Å²) in [6.45, 7) is 10.5. The minimum atomic E-state index is 0.830. The van der Waals surface area contributed by atoms with E-state index in [1.165, 1.54) is 21.5 Å². The first-order valence-corrected chi connectivity index (χ1v) is 31.2. The van der Waals surface area contributed by atoms with Gasteiger partial charge in [0.2, 0.25) is 0 Å². The molecule has 0 fully saturated rings. The molecule has 0 aliphatic rings. The van der Waals surface area contributed by atoms with Crippen LogP contribution in [0, 0.1) is 0 Å². The topological polar surface area (TPSA) is 74.6 Å². The summed E-state index contributed by atoms with van der Waals surface area (Å²) in [6.07, 6.45) is 18.5. The maximum absolute atomic E-state index is 6.74. The molecule has 0 saturated heterocycles. The lowest BCUT2D eigenvalue weighted by Crippen LogP contribution is -1.94. The number of benzene rings is 10. The largest absolute Gasteiger partial charge is 0.456 e. The van der Waals surface area contributed by atoms with E-state index in [-0.39, 0.29) is 0 Å². The number of pyridine rings is 4. The van der Waals surface area contributed by atoms with Crippen molar-refractivity contribution in [1.29, 1.82) is 0 Å². The lowest BCUT2D eigenvalue weighted by atomic mass is 9.97. The summed E-state index contributed by atoms with van der Waals surface area (Å²) in [5.41, 5.74) is 26.2. The maximum Gasteiger partial charge on any atom is 0.135 e. The summed E-state index contributed by atoms with van der Waals surface area (Å²) in [5, 5.41) is 6.75. The van der Waals surface area contributed by atoms with Gasteiger partial charge in [-0.25, -0.2) is 0 Å². The Labute approximate surface area is 539 Å². The highest BCUT2D eigenvalue weighted by Gasteiger charge is 2.21. The van der Waals surface area contributed by atoms with E-state index in [4.69, 9.17) is 4.42 Å². The van der Waals surface area contributed by atoms with Crippen molar-refractivity contribution in [3.63, 3.8) is 0 Å². The van der Waals surface area contributed by atoms with Crippen molar-refractivity contribution in [3.05, 3.63) is 330 Å². The third-order valence-electron chi connectivity index (χ3n) is 17.2. The van der Waals surface area contributed by atoms with Crippen LogP contribution in [0.2, 0.25) is 0 Å². The normalized spacial score (nSPS) is 11.2. The van der Waals surface area contributed by atoms with E-state index in [9.17, 15) is 0 Å². The summed E-state index contributed by atoms with van der Waals surface area (Å²) >= 11 is 0. The van der Waals surface area contributed by atoms with Crippen LogP contribution in [-0.4, -0.2) is 29.1 Å². The zero-order valence-electron chi connectivity index (χ0n) is 51.5. The van der Waals surface area contributed by atoms with Gasteiger partial charge in [-0.1, -0.05) is 133 Å². The van der Waals surface area contributed by atoms with Gasteiger partial charge in [-0.05, 0) is 214 Å². The Bertz CT molecular complexity index is 5000. The van der Waals surface area contributed by atoms with E-state index in [0.29, 0.717) is 0 Å². The van der Waals surface area contributed by atoms with Crippen LogP contribution in [0.5, 0.6) is 0 Å². The minimum Gasteiger partial charge on any atom is -0.456 e. The molecular formula is C86H62N6O. The van der Waals surface area contributed by atoms with Crippen molar-refractivity contribution in [2.45, 2.75) is 13.8 Å². The zero-order chi connectivity index (χ0) is 62.8. The number of hydrogen-bond acceptors (Lipinski definition) is 5. The predicted molar refractivity (Wildman–Crippen MR) is 389 cm³/mol. The Balaban J connectivity index is 0.00000115. The molecule has 10 aromatic carbocycles. The Morgan fingerprint density at radius 3 is 0.742 bits per heavy atom. The number of aromatic nitrogens is 6. The Morgan fingerprint density at radius 2 is 0.495 bits per heavy atom. The Morgan fingerprint density at radius 1 is 0.258 bits per heavy atom. The van der Waals surface area contributed by atoms with E-state index >= 15 is 0 Å². The molecule has 17 aromatic rings. The standard InChI is InChI=1S/C80H50N6O.2C3H6/c1-9-51(37-55(13-1)63-17-5-33-81-47-63)59-21-27-75-69(41-59)70-42-60(52-10-2-14-56(38-52)64-18-6-34-82-48-64)22-28-76(70)85(75)67-25-31-79-73(45-67)74-46-68(26-32-80(74)87-79)86-77-29-23-61(53-11-3-15-57(39-53)65-19-7-35-83-49-65)43-71(77)72-44-62(24-30-78(72)86)54-12-4-16-58(40-54)66-20-8-36-84-50-66;2*1-3-2/h1-50H;2*3H,1H2,2H3. The number of fused-ring (bicyclic) bond motifs is 9. The lowest BCUT2D eigenvalue weighted by Gasteiger charge is -2.11. The molecule has 7 heteroatoms. The smallest absolute Gasteiger partial charge is 0.135 e. The number of allylic oxidation sites excluding steroid dienone is 2. The average Bonchev–Trinajstić information content (AvgIpc) is 1.59. The molecule has 0 radical (unpaired) electrons. The van der Waals surface area contributed by atoms with E-state index in [1.54, 1.807) is 12.2 Å². The lowest BCUT2D eigenvalue weighted by molar-refractivity contribution is 0.669. The molecular weight excluding hydrogens is 1130 g/mol. The van der Waals surface area contributed by atoms with E-state index < -0.39 is 0 Å². The van der Waals surface area contributed by atoms with Crippen molar-refractivity contribution in [2.24, 2.45) is 0 Å². The van der Waals surface area contributed by atoms with Crippen LogP contribution < -0.4 is 0 Å². The van der Waals surface area contributed by atoms with Gasteiger partial charge in [-0.15, -0.1) is 13.2 Å². The summed E-state index contributed by atoms with van der Waals surface area (Å²) in [5.74, 6) is 0. The monoisotopic (exact) mass is 1190 g/mol. The maximum atomic E-state index is 6.74. The Hall–Kier alpha value is -12.3. The van der Waals surface area contributed by atoms with Gasteiger partial charge in [0, 0.05) is 116 Å². The predicted octanol–water partition coefficient (Wildman–Crippen LogP) is 23.1. The van der Waals surface area contributed by atoms with Gasteiger partial charge in [0.1, 0.15) is 11.2 Å². The molecule has 0 N–H and O–H groups in total. The minimum absolute atomic E-state index is 0.830. The van der Waals surface area contributed by atoms with Crippen LogP contribution in [0.4, 0.5) is 0 Å². The summed E-state index contributed by atoms with van der Waals surface area (Å²) < 4.78 is 11.6. The highest BCUT2D eigenvalue weighted by Crippen LogP contribution is 2.43. The third kappa shape index (κ3) is 10.9. The highest BCUT2D eigenvalue weighted by molar-refractivity contribution is 6.15. The molecule has 0 atom stereocenters. The van der Waals surface area contributed by atoms with E-state index in [2.05, 4.69) is 273 Å². The van der Waals surface area contributed by atoms with Crippen LogP contribution >= 0.6 is 0 Å².